The van der Waals surface area contributed by atoms with Gasteiger partial charge in [-0.3, -0.25) is 4.79 Å². The van der Waals surface area contributed by atoms with Crippen LogP contribution in [0.2, 0.25) is 0 Å². The average Bonchev–Trinajstić information content (AvgIpc) is 2.30. The second kappa shape index (κ2) is 7.66. The topological polar surface area (TPSA) is 55.1 Å². The number of hydrogen-bond donors (Lipinski definition) is 2. The predicted molar refractivity (Wildman–Crippen MR) is 67.1 cm³/mol. The van der Waals surface area contributed by atoms with Gasteiger partial charge >= 0.3 is 0 Å². The summed E-state index contributed by atoms with van der Waals surface area (Å²) in [6, 6.07) is 0.434. The fraction of sp³-hybridized carbons (Fsp3) is 0.923. The van der Waals surface area contributed by atoms with Gasteiger partial charge in [0.1, 0.15) is 0 Å². The average molecular weight is 226 g/mol. The third kappa shape index (κ3) is 4.52. The molecule has 0 aromatic heterocycles. The Bertz CT molecular complexity index is 206. The van der Waals surface area contributed by atoms with Crippen molar-refractivity contribution < 1.29 is 4.79 Å². The Labute approximate surface area is 99.2 Å². The minimum Gasteiger partial charge on any atom is -0.353 e. The predicted octanol–water partition coefficient (Wildman–Crippen LogP) is 2.20. The molecule has 0 spiro atoms. The number of carbonyl (C=O) groups is 1. The zero-order chi connectivity index (χ0) is 11.8. The molecule has 1 saturated carbocycles. The quantitative estimate of drug-likeness (QED) is 0.682. The molecular formula is C13H26N2O. The summed E-state index contributed by atoms with van der Waals surface area (Å²) in [5.41, 5.74) is 5.41. The molecule has 2 unspecified atom stereocenters. The van der Waals surface area contributed by atoms with Crippen LogP contribution >= 0.6 is 0 Å². The molecule has 0 saturated heterocycles. The first-order chi connectivity index (χ1) is 7.77. The summed E-state index contributed by atoms with van der Waals surface area (Å²) in [7, 11) is 0. The lowest BCUT2D eigenvalue weighted by molar-refractivity contribution is -0.122. The fourth-order valence-corrected chi connectivity index (χ4v) is 2.60. The van der Waals surface area contributed by atoms with E-state index >= 15 is 0 Å². The van der Waals surface area contributed by atoms with Gasteiger partial charge in [-0.2, -0.15) is 0 Å². The van der Waals surface area contributed by atoms with Crippen molar-refractivity contribution in [3.8, 4) is 0 Å². The molecule has 1 amide bonds. The van der Waals surface area contributed by atoms with Gasteiger partial charge in [0.2, 0.25) is 5.91 Å². The monoisotopic (exact) mass is 226 g/mol. The third-order valence-corrected chi connectivity index (χ3v) is 3.64. The molecule has 1 aliphatic carbocycles. The molecule has 0 radical (unpaired) electrons. The van der Waals surface area contributed by atoms with E-state index in [-0.39, 0.29) is 5.91 Å². The van der Waals surface area contributed by atoms with E-state index in [4.69, 9.17) is 5.73 Å². The standard InChI is InChI=1S/C13H26N2O/c1-2-11-7-3-4-8-12(11)15-13(16)9-5-6-10-14/h11-12H,2-10,14H2,1H3,(H,15,16). The zero-order valence-corrected chi connectivity index (χ0v) is 10.5. The fourth-order valence-electron chi connectivity index (χ4n) is 2.60. The van der Waals surface area contributed by atoms with Gasteiger partial charge in [-0.1, -0.05) is 26.2 Å². The molecule has 3 N–H and O–H groups in total. The number of nitrogens with one attached hydrogen (secondary N) is 1. The zero-order valence-electron chi connectivity index (χ0n) is 10.5. The van der Waals surface area contributed by atoms with Crippen molar-refractivity contribution in [1.82, 2.24) is 5.32 Å². The van der Waals surface area contributed by atoms with Crippen molar-refractivity contribution in [3.05, 3.63) is 0 Å². The van der Waals surface area contributed by atoms with Crippen molar-refractivity contribution >= 4 is 5.91 Å². The molecule has 0 bridgehead atoms. The van der Waals surface area contributed by atoms with E-state index < -0.39 is 0 Å². The maximum absolute atomic E-state index is 11.7. The molecule has 0 aliphatic heterocycles. The first kappa shape index (κ1) is 13.5. The minimum absolute atomic E-state index is 0.221. The number of rotatable bonds is 6. The maximum atomic E-state index is 11.7. The van der Waals surface area contributed by atoms with Crippen LogP contribution in [-0.2, 0) is 4.79 Å². The van der Waals surface area contributed by atoms with Crippen LogP contribution in [0.15, 0.2) is 0 Å². The Kier molecular flexibility index (Phi) is 6.46. The van der Waals surface area contributed by atoms with Gasteiger partial charge in [-0.15, -0.1) is 0 Å². The largest absolute Gasteiger partial charge is 0.353 e. The lowest BCUT2D eigenvalue weighted by Gasteiger charge is -2.31. The van der Waals surface area contributed by atoms with Gasteiger partial charge in [0, 0.05) is 12.5 Å². The van der Waals surface area contributed by atoms with Crippen molar-refractivity contribution in [3.63, 3.8) is 0 Å². The third-order valence-electron chi connectivity index (χ3n) is 3.64. The summed E-state index contributed by atoms with van der Waals surface area (Å²) in [6.07, 6.45) is 8.76. The second-order valence-corrected chi connectivity index (χ2v) is 4.87. The molecular weight excluding hydrogens is 200 g/mol. The highest BCUT2D eigenvalue weighted by Gasteiger charge is 2.24. The molecule has 2 atom stereocenters. The Morgan fingerprint density at radius 2 is 2.06 bits per heavy atom. The van der Waals surface area contributed by atoms with E-state index in [0.29, 0.717) is 24.9 Å². The smallest absolute Gasteiger partial charge is 0.220 e. The molecule has 1 fully saturated rings. The number of carbonyl (C=O) groups excluding carboxylic acids is 1. The van der Waals surface area contributed by atoms with Gasteiger partial charge < -0.3 is 11.1 Å². The number of unbranched alkanes of at least 4 members (excludes halogenated alkanes) is 1. The van der Waals surface area contributed by atoms with Gasteiger partial charge in [-0.05, 0) is 38.1 Å². The van der Waals surface area contributed by atoms with Crippen LogP contribution in [-0.4, -0.2) is 18.5 Å². The normalized spacial score (nSPS) is 25.4. The van der Waals surface area contributed by atoms with E-state index in [1.807, 2.05) is 0 Å². The van der Waals surface area contributed by atoms with Crippen LogP contribution in [0.25, 0.3) is 0 Å². The highest BCUT2D eigenvalue weighted by atomic mass is 16.1. The maximum Gasteiger partial charge on any atom is 0.220 e. The molecule has 16 heavy (non-hydrogen) atoms. The summed E-state index contributed by atoms with van der Waals surface area (Å²) in [5, 5.41) is 3.20. The first-order valence-electron chi connectivity index (χ1n) is 6.77. The summed E-state index contributed by atoms with van der Waals surface area (Å²) in [4.78, 5) is 11.7. The molecule has 94 valence electrons. The van der Waals surface area contributed by atoms with Crippen LogP contribution in [0, 0.1) is 5.92 Å². The van der Waals surface area contributed by atoms with Crippen LogP contribution in [0.1, 0.15) is 58.3 Å². The van der Waals surface area contributed by atoms with Gasteiger partial charge in [0.05, 0.1) is 0 Å². The van der Waals surface area contributed by atoms with Crippen molar-refractivity contribution in [2.75, 3.05) is 6.54 Å². The highest BCUT2D eigenvalue weighted by molar-refractivity contribution is 5.76. The van der Waals surface area contributed by atoms with Gasteiger partial charge in [-0.25, -0.2) is 0 Å². The number of amides is 1. The molecule has 1 aliphatic rings. The van der Waals surface area contributed by atoms with E-state index in [0.717, 1.165) is 12.8 Å². The van der Waals surface area contributed by atoms with Gasteiger partial charge in [0.15, 0.2) is 0 Å². The Balaban J connectivity index is 2.25. The number of hydrogen-bond acceptors (Lipinski definition) is 2. The lowest BCUT2D eigenvalue weighted by atomic mass is 9.83. The molecule has 1 rings (SSSR count). The Morgan fingerprint density at radius 3 is 2.75 bits per heavy atom. The van der Waals surface area contributed by atoms with E-state index in [1.165, 1.54) is 32.1 Å². The number of nitrogens with two attached hydrogens (primary N) is 1. The van der Waals surface area contributed by atoms with Crippen molar-refractivity contribution in [1.29, 1.82) is 0 Å². The van der Waals surface area contributed by atoms with E-state index in [2.05, 4.69) is 12.2 Å². The van der Waals surface area contributed by atoms with Gasteiger partial charge in [0.25, 0.3) is 0 Å². The molecule has 3 heteroatoms. The van der Waals surface area contributed by atoms with Crippen LogP contribution in [0.3, 0.4) is 0 Å². The second-order valence-electron chi connectivity index (χ2n) is 4.87. The SMILES string of the molecule is CCC1CCCCC1NC(=O)CCCCN. The van der Waals surface area contributed by atoms with Crippen LogP contribution in [0.4, 0.5) is 0 Å². The highest BCUT2D eigenvalue weighted by Crippen LogP contribution is 2.26. The van der Waals surface area contributed by atoms with Crippen LogP contribution < -0.4 is 11.1 Å². The van der Waals surface area contributed by atoms with Crippen molar-refractivity contribution in [2.24, 2.45) is 11.7 Å². The summed E-state index contributed by atoms with van der Waals surface area (Å²) in [6.45, 7) is 2.91. The van der Waals surface area contributed by atoms with Crippen molar-refractivity contribution in [2.45, 2.75) is 64.3 Å². The molecule has 0 aromatic rings. The summed E-state index contributed by atoms with van der Waals surface area (Å²) < 4.78 is 0. The summed E-state index contributed by atoms with van der Waals surface area (Å²) in [5.74, 6) is 0.922. The Hall–Kier alpha value is -0.570. The van der Waals surface area contributed by atoms with Crippen LogP contribution in [0.5, 0.6) is 0 Å². The molecule has 0 aromatic carbocycles. The lowest BCUT2D eigenvalue weighted by Crippen LogP contribution is -2.41. The van der Waals surface area contributed by atoms with E-state index in [9.17, 15) is 4.79 Å². The first-order valence-corrected chi connectivity index (χ1v) is 6.77. The molecule has 3 nitrogen and oxygen atoms in total. The summed E-state index contributed by atoms with van der Waals surface area (Å²) >= 11 is 0. The Morgan fingerprint density at radius 1 is 1.31 bits per heavy atom. The van der Waals surface area contributed by atoms with E-state index in [1.54, 1.807) is 0 Å². The molecule has 0 heterocycles. The minimum atomic E-state index is 0.221.